The fraction of sp³-hybridized carbons (Fsp3) is 0.412. The molecule has 0 bridgehead atoms. The zero-order valence-corrected chi connectivity index (χ0v) is 14.2. The van der Waals surface area contributed by atoms with Crippen molar-refractivity contribution < 1.29 is 4.74 Å². The Kier molecular flexibility index (Phi) is 5.76. The summed E-state index contributed by atoms with van der Waals surface area (Å²) in [6.07, 6.45) is 3.71. The lowest BCUT2D eigenvalue weighted by molar-refractivity contribution is 0.0268. The minimum absolute atomic E-state index is 0.245. The Bertz CT molecular complexity index is 634. The summed E-state index contributed by atoms with van der Waals surface area (Å²) in [7, 11) is 3.47. The largest absolute Gasteiger partial charge is 0.377 e. The Balaban J connectivity index is 2.00. The van der Waals surface area contributed by atoms with Gasteiger partial charge in [-0.15, -0.1) is 0 Å². The molecule has 0 saturated carbocycles. The van der Waals surface area contributed by atoms with E-state index in [1.54, 1.807) is 20.4 Å². The molecule has 0 aliphatic heterocycles. The second-order valence-electron chi connectivity index (χ2n) is 5.82. The fourth-order valence-electron chi connectivity index (χ4n) is 2.06. The number of hydrogen-bond donors (Lipinski definition) is 2. The minimum atomic E-state index is -0.245. The first-order valence-electron chi connectivity index (χ1n) is 7.63. The van der Waals surface area contributed by atoms with Crippen LogP contribution in [0.5, 0.6) is 0 Å². The number of guanidine groups is 1. The van der Waals surface area contributed by atoms with E-state index < -0.39 is 0 Å². The number of para-hydroxylation sites is 1. The number of rotatable bonds is 6. The van der Waals surface area contributed by atoms with Crippen molar-refractivity contribution in [3.63, 3.8) is 0 Å². The van der Waals surface area contributed by atoms with E-state index in [-0.39, 0.29) is 5.60 Å². The molecular formula is C17H25N5O. The topological polar surface area (TPSA) is 63.5 Å². The van der Waals surface area contributed by atoms with Gasteiger partial charge in [0, 0.05) is 39.6 Å². The van der Waals surface area contributed by atoms with Gasteiger partial charge in [-0.3, -0.25) is 4.99 Å². The maximum Gasteiger partial charge on any atom is 0.191 e. The number of nitrogens with zero attached hydrogens (tertiary/aromatic N) is 3. The molecule has 124 valence electrons. The molecule has 0 aliphatic rings. The molecule has 0 atom stereocenters. The SMILES string of the molecule is CN=C(NCc1ccccc1-n1cccn1)NCC(C)(C)OC. The van der Waals surface area contributed by atoms with Gasteiger partial charge in [-0.1, -0.05) is 18.2 Å². The van der Waals surface area contributed by atoms with Crippen LogP contribution in [0.3, 0.4) is 0 Å². The summed E-state index contributed by atoms with van der Waals surface area (Å²) in [5.41, 5.74) is 1.95. The molecule has 0 spiro atoms. The highest BCUT2D eigenvalue weighted by Gasteiger charge is 2.16. The molecule has 1 aromatic carbocycles. The zero-order valence-electron chi connectivity index (χ0n) is 14.2. The van der Waals surface area contributed by atoms with Crippen molar-refractivity contribution in [3.05, 3.63) is 48.3 Å². The molecular weight excluding hydrogens is 290 g/mol. The monoisotopic (exact) mass is 315 g/mol. The zero-order chi connectivity index (χ0) is 16.7. The van der Waals surface area contributed by atoms with E-state index in [0.29, 0.717) is 13.1 Å². The third-order valence-electron chi connectivity index (χ3n) is 3.65. The summed E-state index contributed by atoms with van der Waals surface area (Å²) in [6, 6.07) is 10.1. The van der Waals surface area contributed by atoms with Gasteiger partial charge in [0.05, 0.1) is 11.3 Å². The van der Waals surface area contributed by atoms with E-state index in [9.17, 15) is 0 Å². The molecule has 0 amide bonds. The molecule has 2 aromatic rings. The van der Waals surface area contributed by atoms with Crippen LogP contribution in [0, 0.1) is 0 Å². The second-order valence-corrected chi connectivity index (χ2v) is 5.82. The average Bonchev–Trinajstić information content (AvgIpc) is 3.09. The molecule has 0 saturated heterocycles. The fourth-order valence-corrected chi connectivity index (χ4v) is 2.06. The van der Waals surface area contributed by atoms with Crippen molar-refractivity contribution in [2.24, 2.45) is 4.99 Å². The number of nitrogens with one attached hydrogen (secondary N) is 2. The van der Waals surface area contributed by atoms with Gasteiger partial charge in [-0.2, -0.15) is 5.10 Å². The molecule has 2 rings (SSSR count). The van der Waals surface area contributed by atoms with Crippen molar-refractivity contribution in [1.29, 1.82) is 0 Å². The summed E-state index contributed by atoms with van der Waals surface area (Å²) in [5.74, 6) is 0.741. The van der Waals surface area contributed by atoms with Crippen LogP contribution in [-0.2, 0) is 11.3 Å². The number of benzene rings is 1. The summed E-state index contributed by atoms with van der Waals surface area (Å²) in [6.45, 7) is 5.38. The quantitative estimate of drug-likeness (QED) is 0.632. The van der Waals surface area contributed by atoms with Crippen LogP contribution in [0.1, 0.15) is 19.4 Å². The maximum atomic E-state index is 5.41. The van der Waals surface area contributed by atoms with Crippen LogP contribution in [0.25, 0.3) is 5.69 Å². The van der Waals surface area contributed by atoms with Crippen LogP contribution >= 0.6 is 0 Å². The van der Waals surface area contributed by atoms with Crippen LogP contribution < -0.4 is 10.6 Å². The Morgan fingerprint density at radius 2 is 2.04 bits per heavy atom. The predicted molar refractivity (Wildman–Crippen MR) is 92.9 cm³/mol. The Morgan fingerprint density at radius 1 is 1.26 bits per heavy atom. The third-order valence-corrected chi connectivity index (χ3v) is 3.65. The average molecular weight is 315 g/mol. The summed E-state index contributed by atoms with van der Waals surface area (Å²) in [5, 5.41) is 10.9. The molecule has 1 heterocycles. The van der Waals surface area contributed by atoms with E-state index in [4.69, 9.17) is 4.74 Å². The van der Waals surface area contributed by atoms with Crippen molar-refractivity contribution in [2.75, 3.05) is 20.7 Å². The Morgan fingerprint density at radius 3 is 2.70 bits per heavy atom. The molecule has 0 unspecified atom stereocenters. The van der Waals surface area contributed by atoms with Gasteiger partial charge in [-0.05, 0) is 31.5 Å². The van der Waals surface area contributed by atoms with Crippen molar-refractivity contribution in [2.45, 2.75) is 26.0 Å². The number of ether oxygens (including phenoxy) is 1. The molecule has 2 N–H and O–H groups in total. The molecule has 0 fully saturated rings. The Labute approximate surface area is 137 Å². The lowest BCUT2D eigenvalue weighted by atomic mass is 10.1. The van der Waals surface area contributed by atoms with Gasteiger partial charge >= 0.3 is 0 Å². The van der Waals surface area contributed by atoms with Crippen molar-refractivity contribution >= 4 is 5.96 Å². The molecule has 1 aromatic heterocycles. The first-order chi connectivity index (χ1) is 11.1. The number of aromatic nitrogens is 2. The first-order valence-corrected chi connectivity index (χ1v) is 7.63. The third kappa shape index (κ3) is 4.82. The van der Waals surface area contributed by atoms with E-state index in [0.717, 1.165) is 17.2 Å². The lowest BCUT2D eigenvalue weighted by Crippen LogP contribution is -2.45. The number of hydrogen-bond acceptors (Lipinski definition) is 3. The van der Waals surface area contributed by atoms with Gasteiger partial charge in [0.1, 0.15) is 0 Å². The number of aliphatic imine (C=N–C) groups is 1. The molecule has 0 radical (unpaired) electrons. The normalized spacial score (nSPS) is 12.3. The van der Waals surface area contributed by atoms with Crippen molar-refractivity contribution in [1.82, 2.24) is 20.4 Å². The summed E-state index contributed by atoms with van der Waals surface area (Å²) >= 11 is 0. The van der Waals surface area contributed by atoms with E-state index in [1.165, 1.54) is 0 Å². The summed E-state index contributed by atoms with van der Waals surface area (Å²) < 4.78 is 7.27. The molecule has 23 heavy (non-hydrogen) atoms. The number of methoxy groups -OCH3 is 1. The highest BCUT2D eigenvalue weighted by atomic mass is 16.5. The van der Waals surface area contributed by atoms with Gasteiger partial charge in [0.15, 0.2) is 5.96 Å². The van der Waals surface area contributed by atoms with Crippen LogP contribution in [0.4, 0.5) is 0 Å². The van der Waals surface area contributed by atoms with Gasteiger partial charge in [-0.25, -0.2) is 4.68 Å². The van der Waals surface area contributed by atoms with Gasteiger partial charge in [0.25, 0.3) is 0 Å². The van der Waals surface area contributed by atoms with Gasteiger partial charge in [0.2, 0.25) is 0 Å². The second kappa shape index (κ2) is 7.78. The molecule has 0 aliphatic carbocycles. The standard InChI is InChI=1S/C17H25N5O/c1-17(2,23-4)13-20-16(18-3)19-12-14-8-5-6-9-15(14)22-11-7-10-21-22/h5-11H,12-13H2,1-4H3,(H2,18,19,20). The first kappa shape index (κ1) is 17.0. The molecule has 6 heteroatoms. The van der Waals surface area contributed by atoms with Crippen molar-refractivity contribution in [3.8, 4) is 5.69 Å². The predicted octanol–water partition coefficient (Wildman–Crippen LogP) is 1.96. The maximum absolute atomic E-state index is 5.41. The Hall–Kier alpha value is -2.34. The lowest BCUT2D eigenvalue weighted by Gasteiger charge is -2.24. The smallest absolute Gasteiger partial charge is 0.191 e. The van der Waals surface area contributed by atoms with Crippen LogP contribution in [0.15, 0.2) is 47.7 Å². The minimum Gasteiger partial charge on any atom is -0.377 e. The summed E-state index contributed by atoms with van der Waals surface area (Å²) in [4.78, 5) is 4.25. The highest BCUT2D eigenvalue weighted by Crippen LogP contribution is 2.13. The highest BCUT2D eigenvalue weighted by molar-refractivity contribution is 5.79. The van der Waals surface area contributed by atoms with E-state index >= 15 is 0 Å². The van der Waals surface area contributed by atoms with Crippen LogP contribution in [0.2, 0.25) is 0 Å². The molecule has 6 nitrogen and oxygen atoms in total. The van der Waals surface area contributed by atoms with Crippen LogP contribution in [-0.4, -0.2) is 42.0 Å². The van der Waals surface area contributed by atoms with E-state index in [1.807, 2.05) is 49.0 Å². The van der Waals surface area contributed by atoms with E-state index in [2.05, 4.69) is 26.8 Å². The van der Waals surface area contributed by atoms with Gasteiger partial charge < -0.3 is 15.4 Å².